The Labute approximate surface area is 208 Å². The first kappa shape index (κ1) is 25.2. The molecular weight excluding hydrogens is 535 g/mol. The molecule has 2 heterocycles. The highest BCUT2D eigenvalue weighted by molar-refractivity contribution is 14.1. The van der Waals surface area contributed by atoms with Crippen LogP contribution >= 0.6 is 22.6 Å². The number of halogens is 1. The average Bonchev–Trinajstić information content (AvgIpc) is 3.23. The van der Waals surface area contributed by atoms with Crippen LogP contribution in [0.15, 0.2) is 30.3 Å². The Morgan fingerprint density at radius 3 is 2.58 bits per heavy atom. The molecule has 1 N–H and O–H groups in total. The SMILES string of the molecule is CCOC(=O)c1cc2n(n1)CC(C)(C(=O)NCCC(C)CI)N(c1ccc(CC)cc1)C2=O. The number of aromatic nitrogens is 2. The molecule has 0 saturated carbocycles. The van der Waals surface area contributed by atoms with E-state index in [2.05, 4.69) is 46.9 Å². The highest BCUT2D eigenvalue weighted by Gasteiger charge is 2.49. The van der Waals surface area contributed by atoms with Crippen LogP contribution < -0.4 is 10.2 Å². The summed E-state index contributed by atoms with van der Waals surface area (Å²) in [6.07, 6.45) is 1.72. The maximum atomic E-state index is 13.6. The number of fused-ring (bicyclic) bond motifs is 1. The number of carbonyl (C=O) groups is 3. The summed E-state index contributed by atoms with van der Waals surface area (Å²) >= 11 is 2.33. The Morgan fingerprint density at radius 2 is 1.97 bits per heavy atom. The highest BCUT2D eigenvalue weighted by atomic mass is 127. The van der Waals surface area contributed by atoms with Crippen LogP contribution in [0.1, 0.15) is 60.7 Å². The molecule has 2 unspecified atom stereocenters. The number of benzene rings is 1. The van der Waals surface area contributed by atoms with Crippen LogP contribution in [0.3, 0.4) is 0 Å². The molecule has 2 amide bonds. The molecular formula is C24H31IN4O4. The van der Waals surface area contributed by atoms with Crippen molar-refractivity contribution in [1.29, 1.82) is 0 Å². The van der Waals surface area contributed by atoms with Gasteiger partial charge in [-0.2, -0.15) is 5.10 Å². The summed E-state index contributed by atoms with van der Waals surface area (Å²) in [5.41, 5.74) is 0.851. The predicted octanol–water partition coefficient (Wildman–Crippen LogP) is 3.62. The fourth-order valence-electron chi connectivity index (χ4n) is 3.87. The monoisotopic (exact) mass is 566 g/mol. The molecule has 1 aliphatic heterocycles. The summed E-state index contributed by atoms with van der Waals surface area (Å²) in [7, 11) is 0. The number of hydrogen-bond acceptors (Lipinski definition) is 5. The molecule has 0 aliphatic carbocycles. The van der Waals surface area contributed by atoms with Gasteiger partial charge in [0.25, 0.3) is 5.91 Å². The van der Waals surface area contributed by atoms with Crippen molar-refractivity contribution in [1.82, 2.24) is 15.1 Å². The van der Waals surface area contributed by atoms with Gasteiger partial charge in [0.2, 0.25) is 5.91 Å². The standard InChI is InChI=1S/C24H31IN4O4/c1-5-17-7-9-18(10-8-17)29-21(30)20-13-19(22(31)33-6-2)27-28(20)15-24(29,4)23(32)26-12-11-16(3)14-25/h7-10,13,16H,5-6,11-12,14-15H2,1-4H3,(H,26,32). The van der Waals surface area contributed by atoms with Gasteiger partial charge in [0.1, 0.15) is 11.2 Å². The number of esters is 1. The predicted molar refractivity (Wildman–Crippen MR) is 135 cm³/mol. The summed E-state index contributed by atoms with van der Waals surface area (Å²) in [4.78, 5) is 40.8. The van der Waals surface area contributed by atoms with Gasteiger partial charge in [0.15, 0.2) is 5.69 Å². The average molecular weight is 566 g/mol. The number of anilines is 1. The lowest BCUT2D eigenvalue weighted by molar-refractivity contribution is -0.126. The van der Waals surface area contributed by atoms with E-state index in [9.17, 15) is 14.4 Å². The second kappa shape index (κ2) is 10.7. The number of alkyl halides is 1. The second-order valence-corrected chi connectivity index (χ2v) is 9.41. The van der Waals surface area contributed by atoms with Gasteiger partial charge in [-0.25, -0.2) is 4.79 Å². The van der Waals surface area contributed by atoms with Crippen LogP contribution in [-0.4, -0.2) is 50.7 Å². The minimum atomic E-state index is -1.22. The molecule has 1 aliphatic rings. The third-order valence-electron chi connectivity index (χ3n) is 5.92. The Balaban J connectivity index is 1.99. The van der Waals surface area contributed by atoms with Crippen LogP contribution in [0, 0.1) is 5.92 Å². The lowest BCUT2D eigenvalue weighted by Crippen LogP contribution is -2.64. The van der Waals surface area contributed by atoms with Crippen LogP contribution in [0.4, 0.5) is 5.69 Å². The largest absolute Gasteiger partial charge is 0.461 e. The molecule has 0 radical (unpaired) electrons. The number of nitrogens with one attached hydrogen (secondary N) is 1. The first-order valence-corrected chi connectivity index (χ1v) is 12.8. The number of nitrogens with zero attached hydrogens (tertiary/aromatic N) is 3. The van der Waals surface area contributed by atoms with Crippen molar-refractivity contribution in [3.8, 4) is 0 Å². The van der Waals surface area contributed by atoms with Crippen LogP contribution in [0.25, 0.3) is 0 Å². The second-order valence-electron chi connectivity index (χ2n) is 8.53. The summed E-state index contributed by atoms with van der Waals surface area (Å²) in [6.45, 7) is 8.50. The van der Waals surface area contributed by atoms with E-state index in [1.165, 1.54) is 15.6 Å². The van der Waals surface area contributed by atoms with Crippen molar-refractivity contribution in [3.63, 3.8) is 0 Å². The summed E-state index contributed by atoms with van der Waals surface area (Å²) in [6, 6.07) is 9.07. The van der Waals surface area contributed by atoms with E-state index in [1.54, 1.807) is 13.8 Å². The Kier molecular flexibility index (Phi) is 8.14. The van der Waals surface area contributed by atoms with E-state index < -0.39 is 11.5 Å². The van der Waals surface area contributed by atoms with Gasteiger partial charge in [-0.15, -0.1) is 0 Å². The number of carbonyl (C=O) groups excluding carboxylic acids is 3. The summed E-state index contributed by atoms with van der Waals surface area (Å²) in [5.74, 6) is -0.749. The van der Waals surface area contributed by atoms with Crippen molar-refractivity contribution in [2.24, 2.45) is 5.92 Å². The zero-order valence-electron chi connectivity index (χ0n) is 19.6. The molecule has 3 rings (SSSR count). The lowest BCUT2D eigenvalue weighted by Gasteiger charge is -2.43. The number of amides is 2. The molecule has 8 nitrogen and oxygen atoms in total. The van der Waals surface area contributed by atoms with Crippen LogP contribution in [-0.2, 0) is 22.5 Å². The molecule has 33 heavy (non-hydrogen) atoms. The summed E-state index contributed by atoms with van der Waals surface area (Å²) in [5, 5.41) is 7.30. The minimum Gasteiger partial charge on any atom is -0.461 e. The van der Waals surface area contributed by atoms with Gasteiger partial charge in [-0.05, 0) is 50.3 Å². The van der Waals surface area contributed by atoms with E-state index in [0.717, 1.165) is 22.8 Å². The molecule has 178 valence electrons. The maximum absolute atomic E-state index is 13.6. The summed E-state index contributed by atoms with van der Waals surface area (Å²) < 4.78 is 7.49. The highest BCUT2D eigenvalue weighted by Crippen LogP contribution is 2.33. The van der Waals surface area contributed by atoms with Gasteiger partial charge >= 0.3 is 5.97 Å². The third-order valence-corrected chi connectivity index (χ3v) is 7.42. The molecule has 0 spiro atoms. The van der Waals surface area contributed by atoms with E-state index in [-0.39, 0.29) is 36.4 Å². The normalized spacial score (nSPS) is 18.6. The number of rotatable bonds is 9. The van der Waals surface area contributed by atoms with Crippen molar-refractivity contribution in [3.05, 3.63) is 47.3 Å². The Bertz CT molecular complexity index is 1020. The molecule has 0 bridgehead atoms. The first-order valence-electron chi connectivity index (χ1n) is 11.3. The van der Waals surface area contributed by atoms with E-state index in [1.807, 2.05) is 24.3 Å². The zero-order chi connectivity index (χ0) is 24.2. The van der Waals surface area contributed by atoms with E-state index >= 15 is 0 Å². The van der Waals surface area contributed by atoms with Gasteiger partial charge in [0.05, 0.1) is 13.2 Å². The van der Waals surface area contributed by atoms with Crippen LogP contribution in [0.2, 0.25) is 0 Å². The first-order chi connectivity index (χ1) is 15.7. The van der Waals surface area contributed by atoms with Crippen molar-refractivity contribution < 1.29 is 19.1 Å². The quantitative estimate of drug-likeness (QED) is 0.285. The molecule has 2 aromatic rings. The molecule has 0 saturated heterocycles. The molecule has 2 atom stereocenters. The zero-order valence-corrected chi connectivity index (χ0v) is 21.7. The topological polar surface area (TPSA) is 93.5 Å². The molecule has 0 fully saturated rings. The Morgan fingerprint density at radius 1 is 1.27 bits per heavy atom. The maximum Gasteiger partial charge on any atom is 0.358 e. The van der Waals surface area contributed by atoms with Gasteiger partial charge in [-0.1, -0.05) is 48.6 Å². The fraction of sp³-hybridized carbons (Fsp3) is 0.500. The number of aryl methyl sites for hydroxylation is 1. The Hall–Kier alpha value is -2.43. The van der Waals surface area contributed by atoms with Crippen molar-refractivity contribution in [2.75, 3.05) is 22.5 Å². The third kappa shape index (κ3) is 5.23. The minimum absolute atomic E-state index is 0.0574. The number of hydrogen-bond donors (Lipinski definition) is 1. The smallest absolute Gasteiger partial charge is 0.358 e. The molecule has 1 aromatic carbocycles. The fourth-order valence-corrected chi connectivity index (χ4v) is 4.31. The van der Waals surface area contributed by atoms with E-state index in [0.29, 0.717) is 18.2 Å². The van der Waals surface area contributed by atoms with Gasteiger partial charge in [0, 0.05) is 22.7 Å². The van der Waals surface area contributed by atoms with Gasteiger partial charge < -0.3 is 10.1 Å². The van der Waals surface area contributed by atoms with Crippen molar-refractivity contribution in [2.45, 2.75) is 52.6 Å². The van der Waals surface area contributed by atoms with Gasteiger partial charge in [-0.3, -0.25) is 19.2 Å². The molecule has 1 aromatic heterocycles. The van der Waals surface area contributed by atoms with Crippen LogP contribution in [0.5, 0.6) is 0 Å². The number of ether oxygens (including phenoxy) is 1. The molecule has 9 heteroatoms. The van der Waals surface area contributed by atoms with E-state index in [4.69, 9.17) is 4.74 Å². The lowest BCUT2D eigenvalue weighted by atomic mass is 9.93. The van der Waals surface area contributed by atoms with Crippen molar-refractivity contribution >= 4 is 46.1 Å².